The molecule has 1 N–H and O–H groups in total. The molecule has 2 aliphatic heterocycles. The molecule has 0 spiro atoms. The molecule has 4 bridgehead atoms. The van der Waals surface area contributed by atoms with E-state index in [0.717, 1.165) is 11.1 Å². The minimum absolute atomic E-state index is 0.152. The van der Waals surface area contributed by atoms with Crippen LogP contribution < -0.4 is 14.8 Å². The molecule has 2 heterocycles. The average molecular weight is 485 g/mol. The van der Waals surface area contributed by atoms with Crippen molar-refractivity contribution in [1.29, 1.82) is 0 Å². The number of nitrogens with zero attached hydrogens (tertiary/aromatic N) is 1. The molecule has 9 heteroatoms. The maximum Gasteiger partial charge on any atom is 0.410 e. The summed E-state index contributed by atoms with van der Waals surface area (Å²) >= 11 is 0. The smallest absolute Gasteiger partial charge is 0.410 e. The van der Waals surface area contributed by atoms with E-state index in [2.05, 4.69) is 5.32 Å². The predicted octanol–water partition coefficient (Wildman–Crippen LogP) is 3.48. The van der Waals surface area contributed by atoms with Gasteiger partial charge in [0, 0.05) is 19.9 Å². The lowest BCUT2D eigenvalue weighted by Gasteiger charge is -2.31. The second-order valence-corrected chi connectivity index (χ2v) is 9.33. The molecule has 2 amide bonds. The zero-order valence-corrected chi connectivity index (χ0v) is 20.9. The van der Waals surface area contributed by atoms with E-state index >= 15 is 0 Å². The third-order valence-electron chi connectivity index (χ3n) is 5.50. The topological polar surface area (TPSA) is 103 Å². The first-order valence-electron chi connectivity index (χ1n) is 11.3. The Morgan fingerprint density at radius 2 is 1.69 bits per heavy atom. The Morgan fingerprint density at radius 3 is 2.29 bits per heavy atom. The lowest BCUT2D eigenvalue weighted by Crippen LogP contribution is -2.54. The molecule has 4 rings (SSSR count). The maximum atomic E-state index is 13.4. The first kappa shape index (κ1) is 25.9. The Hall–Kier alpha value is -3.75. The van der Waals surface area contributed by atoms with Crippen LogP contribution in [0.3, 0.4) is 0 Å². The fourth-order valence-electron chi connectivity index (χ4n) is 3.68. The van der Waals surface area contributed by atoms with E-state index in [1.165, 1.54) is 19.1 Å². The van der Waals surface area contributed by atoms with Gasteiger partial charge in [-0.1, -0.05) is 18.2 Å². The number of carbonyl (C=O) groups is 3. The van der Waals surface area contributed by atoms with Crippen LogP contribution in [0.15, 0.2) is 42.5 Å². The SMILES string of the molecule is COC(=O)[C@@H]1Cc2ccc(OC)c(c2)Oc2ccc(cc2)C[C@H](N(C)C(=O)OC(C)(C)C)C(=O)N1. The van der Waals surface area contributed by atoms with Crippen molar-refractivity contribution in [3.8, 4) is 17.2 Å². The number of benzene rings is 2. The van der Waals surface area contributed by atoms with Crippen molar-refractivity contribution in [2.75, 3.05) is 21.3 Å². The largest absolute Gasteiger partial charge is 0.493 e. The predicted molar refractivity (Wildman–Crippen MR) is 129 cm³/mol. The molecule has 0 aliphatic carbocycles. The molecule has 0 aromatic heterocycles. The molecule has 0 radical (unpaired) electrons. The number of hydrogen-bond acceptors (Lipinski definition) is 7. The summed E-state index contributed by atoms with van der Waals surface area (Å²) in [6.45, 7) is 5.25. The molecule has 2 aromatic carbocycles. The lowest BCUT2D eigenvalue weighted by atomic mass is 10.0. The summed E-state index contributed by atoms with van der Waals surface area (Å²) in [6.07, 6.45) is -0.294. The van der Waals surface area contributed by atoms with Crippen molar-refractivity contribution < 1.29 is 33.3 Å². The molecule has 0 saturated carbocycles. The number of rotatable bonds is 3. The van der Waals surface area contributed by atoms with Crippen LogP contribution in [0.1, 0.15) is 31.9 Å². The molecule has 188 valence electrons. The van der Waals surface area contributed by atoms with Gasteiger partial charge in [-0.3, -0.25) is 9.69 Å². The van der Waals surface area contributed by atoms with Crippen LogP contribution in [0.25, 0.3) is 0 Å². The van der Waals surface area contributed by atoms with Gasteiger partial charge < -0.3 is 24.3 Å². The fourth-order valence-corrected chi connectivity index (χ4v) is 3.68. The zero-order valence-electron chi connectivity index (χ0n) is 20.9. The van der Waals surface area contributed by atoms with Crippen molar-refractivity contribution in [3.05, 3.63) is 53.6 Å². The first-order valence-corrected chi connectivity index (χ1v) is 11.3. The van der Waals surface area contributed by atoms with Crippen LogP contribution in [-0.2, 0) is 31.9 Å². The van der Waals surface area contributed by atoms with E-state index in [1.54, 1.807) is 58.2 Å². The van der Waals surface area contributed by atoms with Crippen LogP contribution in [-0.4, -0.2) is 61.8 Å². The highest BCUT2D eigenvalue weighted by Gasteiger charge is 2.33. The third kappa shape index (κ3) is 6.65. The van der Waals surface area contributed by atoms with Gasteiger partial charge in [-0.05, 0) is 56.2 Å². The Kier molecular flexibility index (Phi) is 7.89. The molecule has 0 saturated heterocycles. The van der Waals surface area contributed by atoms with Crippen LogP contribution in [0.2, 0.25) is 0 Å². The van der Waals surface area contributed by atoms with Gasteiger partial charge in [0.2, 0.25) is 5.91 Å². The van der Waals surface area contributed by atoms with Gasteiger partial charge in [-0.2, -0.15) is 0 Å². The van der Waals surface area contributed by atoms with Crippen LogP contribution in [0, 0.1) is 0 Å². The molecule has 0 fully saturated rings. The number of amides is 2. The quantitative estimate of drug-likeness (QED) is 0.666. The van der Waals surface area contributed by atoms with Gasteiger partial charge in [0.05, 0.1) is 14.2 Å². The normalized spacial score (nSPS) is 17.9. The van der Waals surface area contributed by atoms with Crippen molar-refractivity contribution >= 4 is 18.0 Å². The van der Waals surface area contributed by atoms with Gasteiger partial charge in [0.25, 0.3) is 0 Å². The van der Waals surface area contributed by atoms with Crippen molar-refractivity contribution in [2.24, 2.45) is 0 Å². The average Bonchev–Trinajstić information content (AvgIpc) is 2.80. The minimum atomic E-state index is -0.979. The van der Waals surface area contributed by atoms with E-state index in [0.29, 0.717) is 17.2 Å². The molecule has 9 nitrogen and oxygen atoms in total. The van der Waals surface area contributed by atoms with E-state index in [4.69, 9.17) is 18.9 Å². The molecule has 2 aromatic rings. The van der Waals surface area contributed by atoms with Crippen molar-refractivity contribution in [1.82, 2.24) is 10.2 Å². The standard InChI is InChI=1S/C26H32N2O7/c1-26(2,3)35-25(31)28(4)20-14-16-7-10-18(11-8-16)34-22-15-17(9-12-21(22)32-5)13-19(24(30)33-6)27-23(20)29/h7-12,15,19-20H,13-14H2,1-6H3,(H,27,29)/t19-,20-/m0/s1. The number of carbonyl (C=O) groups excluding carboxylic acids is 3. The maximum absolute atomic E-state index is 13.4. The fraction of sp³-hybridized carbons (Fsp3) is 0.423. The van der Waals surface area contributed by atoms with Gasteiger partial charge in [-0.15, -0.1) is 0 Å². The van der Waals surface area contributed by atoms with Crippen LogP contribution in [0.5, 0.6) is 17.2 Å². The molecular weight excluding hydrogens is 452 g/mol. The number of likely N-dealkylation sites (N-methyl/N-ethyl adjacent to an activating group) is 1. The van der Waals surface area contributed by atoms with E-state index < -0.39 is 35.7 Å². The summed E-state index contributed by atoms with van der Waals surface area (Å²) in [6, 6.07) is 10.6. The molecular formula is C26H32N2O7. The van der Waals surface area contributed by atoms with E-state index in [-0.39, 0.29) is 12.8 Å². The van der Waals surface area contributed by atoms with Crippen LogP contribution >= 0.6 is 0 Å². The Labute approximate surface area is 205 Å². The summed E-state index contributed by atoms with van der Waals surface area (Å²) in [5, 5.41) is 2.76. The second kappa shape index (κ2) is 10.7. The highest BCUT2D eigenvalue weighted by molar-refractivity contribution is 5.90. The van der Waals surface area contributed by atoms with E-state index in [9.17, 15) is 14.4 Å². The number of methoxy groups -OCH3 is 2. The first-order chi connectivity index (χ1) is 16.5. The second-order valence-electron chi connectivity index (χ2n) is 9.33. The minimum Gasteiger partial charge on any atom is -0.493 e. The Balaban J connectivity index is 2.03. The number of ether oxygens (including phenoxy) is 4. The van der Waals surface area contributed by atoms with Gasteiger partial charge >= 0.3 is 12.1 Å². The van der Waals surface area contributed by atoms with E-state index in [1.807, 2.05) is 12.1 Å². The highest BCUT2D eigenvalue weighted by Crippen LogP contribution is 2.33. The zero-order chi connectivity index (χ0) is 25.8. The number of hydrogen-bond donors (Lipinski definition) is 1. The molecule has 35 heavy (non-hydrogen) atoms. The summed E-state index contributed by atoms with van der Waals surface area (Å²) < 4.78 is 21.8. The van der Waals surface area contributed by atoms with Crippen LogP contribution in [0.4, 0.5) is 4.79 Å². The molecule has 2 aliphatic rings. The third-order valence-corrected chi connectivity index (χ3v) is 5.50. The van der Waals surface area contributed by atoms with Crippen molar-refractivity contribution in [3.63, 3.8) is 0 Å². The van der Waals surface area contributed by atoms with Gasteiger partial charge in [0.15, 0.2) is 11.5 Å². The monoisotopic (exact) mass is 484 g/mol. The summed E-state index contributed by atoms with van der Waals surface area (Å²) in [5.41, 5.74) is 0.783. The van der Waals surface area contributed by atoms with Crippen molar-refractivity contribution in [2.45, 2.75) is 51.3 Å². The summed E-state index contributed by atoms with van der Waals surface area (Å²) in [7, 11) is 4.30. The van der Waals surface area contributed by atoms with Gasteiger partial charge in [-0.25, -0.2) is 9.59 Å². The lowest BCUT2D eigenvalue weighted by molar-refractivity contribution is -0.145. The number of fused-ring (bicyclic) bond motifs is 7. The summed E-state index contributed by atoms with van der Waals surface area (Å²) in [4.78, 5) is 40.0. The Morgan fingerprint density at radius 1 is 1.03 bits per heavy atom. The Bertz CT molecular complexity index is 1080. The molecule has 2 atom stereocenters. The van der Waals surface area contributed by atoms with Gasteiger partial charge in [0.1, 0.15) is 23.4 Å². The highest BCUT2D eigenvalue weighted by atomic mass is 16.6. The number of nitrogens with one attached hydrogen (secondary N) is 1. The number of esters is 1. The summed E-state index contributed by atoms with van der Waals surface area (Å²) in [5.74, 6) is 0.479. The molecule has 0 unspecified atom stereocenters.